The van der Waals surface area contributed by atoms with Crippen LogP contribution in [0.25, 0.3) is 0 Å². The lowest BCUT2D eigenvalue weighted by atomic mass is 10.1. The summed E-state index contributed by atoms with van der Waals surface area (Å²) in [6, 6.07) is 3.13. The number of methoxy groups -OCH3 is 1. The average Bonchev–Trinajstić information content (AvgIpc) is 2.36. The van der Waals surface area contributed by atoms with Crippen LogP contribution < -0.4 is 11.1 Å². The third-order valence-electron chi connectivity index (χ3n) is 2.53. The number of carbonyl (C=O) groups is 1. The highest BCUT2D eigenvalue weighted by Gasteiger charge is 2.15. The van der Waals surface area contributed by atoms with Gasteiger partial charge in [-0.25, -0.2) is 0 Å². The molecule has 94 valence electrons. The normalized spacial score (nSPS) is 14.1. The van der Waals surface area contributed by atoms with Crippen LogP contribution in [0, 0.1) is 0 Å². The Morgan fingerprint density at radius 2 is 2.18 bits per heavy atom. The second kappa shape index (κ2) is 6.98. The summed E-state index contributed by atoms with van der Waals surface area (Å²) in [7, 11) is 1.59. The molecule has 3 N–H and O–H groups in total. The van der Waals surface area contributed by atoms with Crippen LogP contribution in [0.15, 0.2) is 24.5 Å². The van der Waals surface area contributed by atoms with Crippen LogP contribution >= 0.6 is 0 Å². The first kappa shape index (κ1) is 13.6. The van der Waals surface area contributed by atoms with Crippen LogP contribution in [0.4, 0.5) is 0 Å². The van der Waals surface area contributed by atoms with Gasteiger partial charge in [0.1, 0.15) is 0 Å². The summed E-state index contributed by atoms with van der Waals surface area (Å²) in [6.45, 7) is 2.40. The minimum Gasteiger partial charge on any atom is -0.385 e. The number of hydrogen-bond acceptors (Lipinski definition) is 4. The zero-order valence-corrected chi connectivity index (χ0v) is 10.2. The number of nitrogens with zero attached hydrogens (tertiary/aromatic N) is 1. The molecule has 0 aliphatic rings. The second-order valence-corrected chi connectivity index (χ2v) is 3.90. The molecular weight excluding hydrogens is 218 g/mol. The van der Waals surface area contributed by atoms with Crippen molar-refractivity contribution in [2.24, 2.45) is 5.73 Å². The lowest BCUT2D eigenvalue weighted by Gasteiger charge is -2.17. The Hall–Kier alpha value is -1.46. The molecule has 0 fully saturated rings. The molecule has 0 saturated heterocycles. The van der Waals surface area contributed by atoms with Gasteiger partial charge in [0.15, 0.2) is 0 Å². The van der Waals surface area contributed by atoms with Crippen molar-refractivity contribution >= 4 is 5.91 Å². The van der Waals surface area contributed by atoms with E-state index in [0.29, 0.717) is 13.0 Å². The van der Waals surface area contributed by atoms with Crippen molar-refractivity contribution in [1.29, 1.82) is 0 Å². The van der Waals surface area contributed by atoms with Gasteiger partial charge in [-0.1, -0.05) is 0 Å². The molecule has 0 radical (unpaired) electrons. The predicted octanol–water partition coefficient (Wildman–Crippen LogP) is 0.623. The molecule has 1 amide bonds. The highest BCUT2D eigenvalue weighted by molar-refractivity contribution is 5.81. The van der Waals surface area contributed by atoms with Crippen molar-refractivity contribution in [3.8, 4) is 0 Å². The van der Waals surface area contributed by atoms with Crippen LogP contribution in [0.3, 0.4) is 0 Å². The fourth-order valence-electron chi connectivity index (χ4n) is 1.43. The van der Waals surface area contributed by atoms with Crippen LogP contribution in [-0.4, -0.2) is 30.6 Å². The first-order valence-electron chi connectivity index (χ1n) is 5.60. The van der Waals surface area contributed by atoms with Crippen molar-refractivity contribution in [1.82, 2.24) is 10.3 Å². The van der Waals surface area contributed by atoms with E-state index in [1.807, 2.05) is 19.1 Å². The number of nitrogens with one attached hydrogen (secondary N) is 1. The fourth-order valence-corrected chi connectivity index (χ4v) is 1.43. The predicted molar refractivity (Wildman–Crippen MR) is 65.3 cm³/mol. The Morgan fingerprint density at radius 3 is 2.76 bits per heavy atom. The molecular formula is C12H19N3O2. The Balaban J connectivity index is 2.46. The van der Waals surface area contributed by atoms with Crippen LogP contribution in [0.2, 0.25) is 0 Å². The molecule has 0 bridgehead atoms. The lowest BCUT2D eigenvalue weighted by molar-refractivity contribution is -0.123. The topological polar surface area (TPSA) is 77.2 Å². The summed E-state index contributed by atoms with van der Waals surface area (Å²) in [5, 5.41) is 2.86. The third kappa shape index (κ3) is 4.50. The van der Waals surface area contributed by atoms with E-state index in [9.17, 15) is 4.79 Å². The van der Waals surface area contributed by atoms with Crippen LogP contribution in [-0.2, 0) is 9.53 Å². The average molecular weight is 237 g/mol. The summed E-state index contributed by atoms with van der Waals surface area (Å²) < 4.78 is 4.88. The minimum absolute atomic E-state index is 0.0703. The SMILES string of the molecule is COCCC(N)C(=O)N[C@H](C)c1ccncc1. The van der Waals surface area contributed by atoms with Gasteiger partial charge in [-0.05, 0) is 31.0 Å². The molecule has 17 heavy (non-hydrogen) atoms. The summed E-state index contributed by atoms with van der Waals surface area (Å²) >= 11 is 0. The van der Waals surface area contributed by atoms with Crippen LogP contribution in [0.1, 0.15) is 24.9 Å². The summed E-state index contributed by atoms with van der Waals surface area (Å²) in [5.74, 6) is -0.161. The minimum atomic E-state index is -0.528. The number of hydrogen-bond donors (Lipinski definition) is 2. The highest BCUT2D eigenvalue weighted by Crippen LogP contribution is 2.10. The molecule has 2 atom stereocenters. The number of amides is 1. The van der Waals surface area contributed by atoms with Gasteiger partial charge < -0.3 is 15.8 Å². The molecule has 1 unspecified atom stereocenters. The van der Waals surface area contributed by atoms with Crippen molar-refractivity contribution in [2.45, 2.75) is 25.4 Å². The van der Waals surface area contributed by atoms with E-state index in [1.54, 1.807) is 19.5 Å². The Bertz CT molecular complexity index is 343. The lowest BCUT2D eigenvalue weighted by Crippen LogP contribution is -2.42. The van der Waals surface area contributed by atoms with E-state index >= 15 is 0 Å². The van der Waals surface area contributed by atoms with E-state index < -0.39 is 6.04 Å². The maximum atomic E-state index is 11.7. The monoisotopic (exact) mass is 237 g/mol. The van der Waals surface area contributed by atoms with Gasteiger partial charge >= 0.3 is 0 Å². The van der Waals surface area contributed by atoms with Gasteiger partial charge in [0.05, 0.1) is 12.1 Å². The van der Waals surface area contributed by atoms with Gasteiger partial charge in [0.25, 0.3) is 0 Å². The maximum absolute atomic E-state index is 11.7. The molecule has 0 spiro atoms. The quantitative estimate of drug-likeness (QED) is 0.760. The van der Waals surface area contributed by atoms with Gasteiger partial charge in [0.2, 0.25) is 5.91 Å². The first-order valence-corrected chi connectivity index (χ1v) is 5.60. The van der Waals surface area contributed by atoms with E-state index in [4.69, 9.17) is 10.5 Å². The molecule has 0 saturated carbocycles. The number of pyridine rings is 1. The van der Waals surface area contributed by atoms with Crippen molar-refractivity contribution in [3.05, 3.63) is 30.1 Å². The summed E-state index contributed by atoms with van der Waals surface area (Å²) in [6.07, 6.45) is 3.91. The standard InChI is InChI=1S/C12H19N3O2/c1-9(10-3-6-14-7-4-10)15-12(16)11(13)5-8-17-2/h3-4,6-7,9,11H,5,8,13H2,1-2H3,(H,15,16)/t9-,11?/m1/s1. The number of nitrogens with two attached hydrogens (primary N) is 1. The van der Waals surface area contributed by atoms with E-state index in [2.05, 4.69) is 10.3 Å². The first-order chi connectivity index (χ1) is 8.15. The smallest absolute Gasteiger partial charge is 0.237 e. The van der Waals surface area contributed by atoms with Crippen molar-refractivity contribution < 1.29 is 9.53 Å². The van der Waals surface area contributed by atoms with Gasteiger partial charge in [0, 0.05) is 26.1 Å². The highest BCUT2D eigenvalue weighted by atomic mass is 16.5. The molecule has 5 heteroatoms. The summed E-state index contributed by atoms with van der Waals surface area (Å²) in [5.41, 5.74) is 6.73. The second-order valence-electron chi connectivity index (χ2n) is 3.90. The number of ether oxygens (including phenoxy) is 1. The Morgan fingerprint density at radius 1 is 1.53 bits per heavy atom. The molecule has 1 aromatic rings. The molecule has 1 aromatic heterocycles. The fraction of sp³-hybridized carbons (Fsp3) is 0.500. The molecule has 0 aliphatic carbocycles. The number of carbonyl (C=O) groups excluding carboxylic acids is 1. The molecule has 5 nitrogen and oxygen atoms in total. The molecule has 1 rings (SSSR count). The van der Waals surface area contributed by atoms with Crippen molar-refractivity contribution in [2.75, 3.05) is 13.7 Å². The zero-order valence-electron chi connectivity index (χ0n) is 10.2. The van der Waals surface area contributed by atoms with E-state index in [-0.39, 0.29) is 11.9 Å². The van der Waals surface area contributed by atoms with E-state index in [0.717, 1.165) is 5.56 Å². The van der Waals surface area contributed by atoms with E-state index in [1.165, 1.54) is 0 Å². The van der Waals surface area contributed by atoms with Gasteiger partial charge in [-0.15, -0.1) is 0 Å². The summed E-state index contributed by atoms with van der Waals surface area (Å²) in [4.78, 5) is 15.7. The molecule has 0 aromatic carbocycles. The van der Waals surface area contributed by atoms with Gasteiger partial charge in [-0.2, -0.15) is 0 Å². The largest absolute Gasteiger partial charge is 0.385 e. The zero-order chi connectivity index (χ0) is 12.7. The Kier molecular flexibility index (Phi) is 5.59. The molecule has 1 heterocycles. The Labute approximate surface area is 101 Å². The van der Waals surface area contributed by atoms with Crippen LogP contribution in [0.5, 0.6) is 0 Å². The number of rotatable bonds is 6. The molecule has 0 aliphatic heterocycles. The third-order valence-corrected chi connectivity index (χ3v) is 2.53. The van der Waals surface area contributed by atoms with Crippen molar-refractivity contribution in [3.63, 3.8) is 0 Å². The van der Waals surface area contributed by atoms with Gasteiger partial charge in [-0.3, -0.25) is 9.78 Å². The number of aromatic nitrogens is 1. The maximum Gasteiger partial charge on any atom is 0.237 e.